The van der Waals surface area contributed by atoms with Gasteiger partial charge in [-0.2, -0.15) is 13.2 Å². The molecule has 1 rings (SSSR count). The van der Waals surface area contributed by atoms with Crippen molar-refractivity contribution in [1.82, 2.24) is 0 Å². The van der Waals surface area contributed by atoms with Crippen molar-refractivity contribution < 1.29 is 28.2 Å². The molecule has 1 atom stereocenters. The molecule has 0 aliphatic rings. The zero-order valence-electron chi connectivity index (χ0n) is 9.45. The first-order chi connectivity index (χ1) is 8.13. The van der Waals surface area contributed by atoms with E-state index in [9.17, 15) is 23.1 Å². The van der Waals surface area contributed by atoms with Crippen LogP contribution in [0.5, 0.6) is 0 Å². The van der Waals surface area contributed by atoms with Crippen molar-refractivity contribution in [3.63, 3.8) is 0 Å². The van der Waals surface area contributed by atoms with Gasteiger partial charge in [-0.15, -0.1) is 0 Å². The molecule has 0 aliphatic carbocycles. The van der Waals surface area contributed by atoms with Crippen LogP contribution in [0.25, 0.3) is 0 Å². The van der Waals surface area contributed by atoms with Gasteiger partial charge in [0, 0.05) is 5.69 Å². The largest absolute Gasteiger partial charge is 0.479 e. The van der Waals surface area contributed by atoms with Crippen LogP contribution in [0.1, 0.15) is 12.5 Å². The Morgan fingerprint density at radius 2 is 1.78 bits per heavy atom. The second kappa shape index (κ2) is 4.85. The topological polar surface area (TPSA) is 69.6 Å². The molecule has 18 heavy (non-hydrogen) atoms. The third-order valence-electron chi connectivity index (χ3n) is 2.31. The van der Waals surface area contributed by atoms with Crippen molar-refractivity contribution in [2.45, 2.75) is 18.7 Å². The number of hydrogen-bond donors (Lipinski definition) is 3. The molecule has 0 bridgehead atoms. The van der Waals surface area contributed by atoms with Crippen molar-refractivity contribution in [2.24, 2.45) is 0 Å². The minimum atomic E-state index is -4.41. The molecule has 0 spiro atoms. The van der Waals surface area contributed by atoms with Crippen LogP contribution in [0.3, 0.4) is 0 Å². The molecule has 1 unspecified atom stereocenters. The Kier molecular flexibility index (Phi) is 3.85. The first kappa shape index (κ1) is 14.3. The molecule has 4 nitrogen and oxygen atoms in total. The highest BCUT2D eigenvalue weighted by atomic mass is 19.4. The third kappa shape index (κ3) is 3.63. The second-order valence-corrected chi connectivity index (χ2v) is 4.01. The SMILES string of the molecule is CC(O)(CNc1ccc(C(F)(F)F)cc1)C(=O)O. The zero-order chi connectivity index (χ0) is 14.0. The van der Waals surface area contributed by atoms with Crippen molar-refractivity contribution in [3.8, 4) is 0 Å². The van der Waals surface area contributed by atoms with Gasteiger partial charge in [-0.1, -0.05) is 0 Å². The Labute approximate surface area is 101 Å². The first-order valence-electron chi connectivity index (χ1n) is 5.00. The lowest BCUT2D eigenvalue weighted by atomic mass is 10.1. The fourth-order valence-electron chi connectivity index (χ4n) is 1.13. The quantitative estimate of drug-likeness (QED) is 0.776. The van der Waals surface area contributed by atoms with Gasteiger partial charge in [0.2, 0.25) is 0 Å². The van der Waals surface area contributed by atoms with Gasteiger partial charge in [-0.05, 0) is 31.2 Å². The van der Waals surface area contributed by atoms with Crippen LogP contribution >= 0.6 is 0 Å². The van der Waals surface area contributed by atoms with E-state index in [1.54, 1.807) is 0 Å². The maximum Gasteiger partial charge on any atom is 0.416 e. The number of rotatable bonds is 4. The standard InChI is InChI=1S/C11H12F3NO3/c1-10(18,9(16)17)6-15-8-4-2-7(3-5-8)11(12,13)14/h2-5,15,18H,6H2,1H3,(H,16,17). The van der Waals surface area contributed by atoms with Crippen LogP contribution < -0.4 is 5.32 Å². The van der Waals surface area contributed by atoms with Gasteiger partial charge in [0.25, 0.3) is 0 Å². The van der Waals surface area contributed by atoms with Crippen molar-refractivity contribution >= 4 is 11.7 Å². The number of nitrogens with one attached hydrogen (secondary N) is 1. The number of anilines is 1. The molecular formula is C11H12F3NO3. The van der Waals surface area contributed by atoms with E-state index in [1.807, 2.05) is 0 Å². The average molecular weight is 263 g/mol. The summed E-state index contributed by atoms with van der Waals surface area (Å²) in [6.45, 7) is 0.778. The molecule has 1 aromatic carbocycles. The second-order valence-electron chi connectivity index (χ2n) is 4.01. The summed E-state index contributed by atoms with van der Waals surface area (Å²) in [5.41, 5.74) is -2.48. The van der Waals surface area contributed by atoms with Crippen molar-refractivity contribution in [2.75, 3.05) is 11.9 Å². The van der Waals surface area contributed by atoms with Crippen LogP contribution in [-0.4, -0.2) is 28.3 Å². The van der Waals surface area contributed by atoms with Gasteiger partial charge >= 0.3 is 12.1 Å². The molecule has 3 N–H and O–H groups in total. The summed E-state index contributed by atoms with van der Waals surface area (Å²) < 4.78 is 36.8. The number of aliphatic hydroxyl groups is 1. The summed E-state index contributed by atoms with van der Waals surface area (Å²) in [5.74, 6) is -1.41. The van der Waals surface area contributed by atoms with Gasteiger partial charge in [-0.3, -0.25) is 0 Å². The summed E-state index contributed by atoms with van der Waals surface area (Å²) in [4.78, 5) is 10.6. The summed E-state index contributed by atoms with van der Waals surface area (Å²) >= 11 is 0. The Morgan fingerprint density at radius 1 is 1.28 bits per heavy atom. The number of alkyl halides is 3. The number of carbonyl (C=O) groups is 1. The Morgan fingerprint density at radius 3 is 2.17 bits per heavy atom. The summed E-state index contributed by atoms with van der Waals surface area (Å²) in [5, 5.41) is 20.6. The molecule has 1 aromatic rings. The van der Waals surface area contributed by atoms with Crippen LogP contribution in [0, 0.1) is 0 Å². The molecule has 0 heterocycles. The fraction of sp³-hybridized carbons (Fsp3) is 0.364. The highest BCUT2D eigenvalue weighted by Crippen LogP contribution is 2.29. The van der Waals surface area contributed by atoms with E-state index >= 15 is 0 Å². The summed E-state index contributed by atoms with van der Waals surface area (Å²) in [6.07, 6.45) is -4.41. The average Bonchev–Trinajstić information content (AvgIpc) is 2.25. The monoisotopic (exact) mass is 263 g/mol. The van der Waals surface area contributed by atoms with E-state index in [1.165, 1.54) is 12.1 Å². The number of carboxylic acids is 1. The summed E-state index contributed by atoms with van der Waals surface area (Å²) in [6, 6.07) is 4.08. The third-order valence-corrected chi connectivity index (χ3v) is 2.31. The fourth-order valence-corrected chi connectivity index (χ4v) is 1.13. The van der Waals surface area contributed by atoms with Gasteiger partial charge in [0.1, 0.15) is 0 Å². The smallest absolute Gasteiger partial charge is 0.416 e. The van der Waals surface area contributed by atoms with E-state index in [0.717, 1.165) is 19.1 Å². The maximum absolute atomic E-state index is 12.3. The maximum atomic E-state index is 12.3. The van der Waals surface area contributed by atoms with Crippen LogP contribution in [0.2, 0.25) is 0 Å². The van der Waals surface area contributed by atoms with Gasteiger partial charge in [0.15, 0.2) is 5.60 Å². The number of aliphatic carboxylic acids is 1. The molecule has 0 saturated carbocycles. The molecule has 0 saturated heterocycles. The van der Waals surface area contributed by atoms with E-state index in [4.69, 9.17) is 5.11 Å². The minimum Gasteiger partial charge on any atom is -0.479 e. The Bertz CT molecular complexity index is 426. The van der Waals surface area contributed by atoms with Gasteiger partial charge in [0.05, 0.1) is 12.1 Å². The number of benzene rings is 1. The lowest BCUT2D eigenvalue weighted by molar-refractivity contribution is -0.155. The zero-order valence-corrected chi connectivity index (χ0v) is 9.45. The molecule has 100 valence electrons. The number of hydrogen-bond acceptors (Lipinski definition) is 3. The molecule has 0 radical (unpaired) electrons. The normalized spacial score (nSPS) is 14.9. The molecule has 0 fully saturated rings. The predicted molar refractivity (Wildman–Crippen MR) is 58.2 cm³/mol. The molecule has 0 aliphatic heterocycles. The molecule has 0 aromatic heterocycles. The number of halogens is 3. The number of carboxylic acid groups (broad SMARTS) is 1. The van der Waals surface area contributed by atoms with Crippen LogP contribution in [-0.2, 0) is 11.0 Å². The van der Waals surface area contributed by atoms with E-state index in [2.05, 4.69) is 5.32 Å². The summed E-state index contributed by atoms with van der Waals surface area (Å²) in [7, 11) is 0. The molecule has 7 heteroatoms. The van der Waals surface area contributed by atoms with Crippen LogP contribution in [0.15, 0.2) is 24.3 Å². The lowest BCUT2D eigenvalue weighted by Gasteiger charge is -2.19. The lowest BCUT2D eigenvalue weighted by Crippen LogP contribution is -2.41. The van der Waals surface area contributed by atoms with Crippen LogP contribution in [0.4, 0.5) is 18.9 Å². The van der Waals surface area contributed by atoms with Gasteiger partial charge < -0.3 is 15.5 Å². The van der Waals surface area contributed by atoms with Crippen molar-refractivity contribution in [3.05, 3.63) is 29.8 Å². The predicted octanol–water partition coefficient (Wildman–Crippen LogP) is 1.95. The van der Waals surface area contributed by atoms with E-state index in [-0.39, 0.29) is 6.54 Å². The van der Waals surface area contributed by atoms with E-state index in [0.29, 0.717) is 5.69 Å². The molecule has 0 amide bonds. The van der Waals surface area contributed by atoms with Gasteiger partial charge in [-0.25, -0.2) is 4.79 Å². The first-order valence-corrected chi connectivity index (χ1v) is 5.00. The Balaban J connectivity index is 2.68. The molecular weight excluding hydrogens is 251 g/mol. The van der Waals surface area contributed by atoms with E-state index < -0.39 is 23.3 Å². The van der Waals surface area contributed by atoms with Crippen molar-refractivity contribution in [1.29, 1.82) is 0 Å². The minimum absolute atomic E-state index is 0.296. The highest BCUT2D eigenvalue weighted by Gasteiger charge is 2.31. The highest BCUT2D eigenvalue weighted by molar-refractivity contribution is 5.77. The Hall–Kier alpha value is -1.76.